The summed E-state index contributed by atoms with van der Waals surface area (Å²) in [5, 5.41) is 0. The van der Waals surface area contributed by atoms with Gasteiger partial charge in [0.15, 0.2) is 11.6 Å². The minimum atomic E-state index is -4.95. The Bertz CT molecular complexity index is 779. The van der Waals surface area contributed by atoms with Gasteiger partial charge in [-0.15, -0.1) is 13.2 Å². The molecule has 0 radical (unpaired) electrons. The van der Waals surface area contributed by atoms with Gasteiger partial charge in [0.1, 0.15) is 5.78 Å². The molecule has 132 valence electrons. The topological polar surface area (TPSA) is 39.2 Å². The molecule has 3 nitrogen and oxygen atoms in total. The van der Waals surface area contributed by atoms with E-state index in [9.17, 15) is 22.4 Å². The molecule has 1 aliphatic rings. The van der Waals surface area contributed by atoms with Crippen LogP contribution >= 0.6 is 0 Å². The molecule has 1 aromatic carbocycles. The Balaban J connectivity index is 1.83. The van der Waals surface area contributed by atoms with Crippen LogP contribution in [0.3, 0.4) is 0 Å². The molecule has 2 aromatic rings. The number of ether oxygens (including phenoxy) is 1. The Labute approximate surface area is 141 Å². The third-order valence-corrected chi connectivity index (χ3v) is 4.25. The largest absolute Gasteiger partial charge is 0.573 e. The number of carbonyl (C=O) groups is 1. The molecule has 0 aliphatic heterocycles. The Morgan fingerprint density at radius 1 is 1.08 bits per heavy atom. The van der Waals surface area contributed by atoms with E-state index in [-0.39, 0.29) is 11.7 Å². The summed E-state index contributed by atoms with van der Waals surface area (Å²) < 4.78 is 54.1. The first-order valence-corrected chi connectivity index (χ1v) is 7.85. The summed E-state index contributed by atoms with van der Waals surface area (Å²) in [6.45, 7) is 0. The Morgan fingerprint density at radius 2 is 1.80 bits per heavy atom. The van der Waals surface area contributed by atoms with Gasteiger partial charge in [0.25, 0.3) is 0 Å². The predicted molar refractivity (Wildman–Crippen MR) is 82.5 cm³/mol. The van der Waals surface area contributed by atoms with Gasteiger partial charge in [-0.25, -0.2) is 4.39 Å². The maximum absolute atomic E-state index is 13.9. The van der Waals surface area contributed by atoms with E-state index in [0.717, 1.165) is 30.5 Å². The third kappa shape index (κ3) is 4.35. The van der Waals surface area contributed by atoms with Gasteiger partial charge in [-0.3, -0.25) is 9.78 Å². The summed E-state index contributed by atoms with van der Waals surface area (Å²) in [4.78, 5) is 15.5. The molecule has 25 heavy (non-hydrogen) atoms. The average Bonchev–Trinajstić information content (AvgIpc) is 2.56. The second-order valence-corrected chi connectivity index (χ2v) is 5.98. The number of pyridine rings is 1. The van der Waals surface area contributed by atoms with E-state index < -0.39 is 17.9 Å². The third-order valence-electron chi connectivity index (χ3n) is 4.25. The van der Waals surface area contributed by atoms with Gasteiger partial charge in [-0.2, -0.15) is 0 Å². The number of benzene rings is 1. The van der Waals surface area contributed by atoms with Crippen molar-refractivity contribution in [3.63, 3.8) is 0 Å². The van der Waals surface area contributed by atoms with Crippen molar-refractivity contribution in [1.29, 1.82) is 0 Å². The van der Waals surface area contributed by atoms with Crippen LogP contribution in [-0.2, 0) is 4.79 Å². The van der Waals surface area contributed by atoms with E-state index in [2.05, 4.69) is 9.72 Å². The smallest absolute Gasteiger partial charge is 0.403 e. The zero-order chi connectivity index (χ0) is 18.0. The van der Waals surface area contributed by atoms with Crippen molar-refractivity contribution in [2.24, 2.45) is 0 Å². The highest BCUT2D eigenvalue weighted by molar-refractivity contribution is 5.79. The Kier molecular flexibility index (Phi) is 4.74. The molecule has 0 unspecified atom stereocenters. The number of rotatable bonds is 3. The number of aromatic nitrogens is 1. The van der Waals surface area contributed by atoms with Crippen molar-refractivity contribution in [3.05, 3.63) is 47.9 Å². The van der Waals surface area contributed by atoms with Crippen molar-refractivity contribution < 1.29 is 27.1 Å². The monoisotopic (exact) mass is 353 g/mol. The first kappa shape index (κ1) is 17.4. The molecule has 0 spiro atoms. The van der Waals surface area contributed by atoms with Crippen molar-refractivity contribution in [1.82, 2.24) is 4.98 Å². The summed E-state index contributed by atoms with van der Waals surface area (Å²) in [5.41, 5.74) is 1.82. The first-order valence-electron chi connectivity index (χ1n) is 7.85. The number of Topliss-reactive ketones (excluding diaryl/α,β-unsaturated/α-hetero) is 1. The molecule has 1 heterocycles. The van der Waals surface area contributed by atoms with Gasteiger partial charge < -0.3 is 4.74 Å². The number of nitrogens with zero attached hydrogens (tertiary/aromatic N) is 1. The van der Waals surface area contributed by atoms with Gasteiger partial charge in [0.2, 0.25) is 0 Å². The molecular weight excluding hydrogens is 338 g/mol. The maximum Gasteiger partial charge on any atom is 0.573 e. The number of hydrogen-bond acceptors (Lipinski definition) is 3. The van der Waals surface area contributed by atoms with Crippen LogP contribution in [0, 0.1) is 5.82 Å². The number of ketones is 1. The Hall–Kier alpha value is -2.44. The van der Waals surface area contributed by atoms with Crippen LogP contribution in [-0.4, -0.2) is 17.1 Å². The van der Waals surface area contributed by atoms with E-state index in [1.807, 2.05) is 6.07 Å². The number of alkyl halides is 3. The highest BCUT2D eigenvalue weighted by Crippen LogP contribution is 2.34. The maximum atomic E-state index is 13.9. The predicted octanol–water partition coefficient (Wildman–Crippen LogP) is 5.01. The minimum Gasteiger partial charge on any atom is -0.403 e. The lowest BCUT2D eigenvalue weighted by molar-refractivity contribution is -0.275. The molecule has 0 saturated heterocycles. The van der Waals surface area contributed by atoms with Crippen LogP contribution in [0.25, 0.3) is 11.3 Å². The molecule has 0 atom stereocenters. The zero-order valence-electron chi connectivity index (χ0n) is 13.1. The molecule has 0 amide bonds. The fourth-order valence-corrected chi connectivity index (χ4v) is 3.00. The molecule has 7 heteroatoms. The standard InChI is InChI=1S/C18H15F4NO2/c19-15-9-13(3-6-17(15)25-18(20,21)22)16-10-12(7-8-23-16)11-1-4-14(24)5-2-11/h3,6-11H,1-2,4-5H2. The summed E-state index contributed by atoms with van der Waals surface area (Å²) in [5.74, 6) is -1.49. The summed E-state index contributed by atoms with van der Waals surface area (Å²) >= 11 is 0. The Morgan fingerprint density at radius 3 is 2.44 bits per heavy atom. The van der Waals surface area contributed by atoms with Crippen molar-refractivity contribution >= 4 is 5.78 Å². The lowest BCUT2D eigenvalue weighted by atomic mass is 9.83. The average molecular weight is 353 g/mol. The highest BCUT2D eigenvalue weighted by Gasteiger charge is 2.32. The second kappa shape index (κ2) is 6.82. The van der Waals surface area contributed by atoms with Crippen LogP contribution in [0.4, 0.5) is 17.6 Å². The van der Waals surface area contributed by atoms with Crippen LogP contribution in [0.5, 0.6) is 5.75 Å². The first-order chi connectivity index (χ1) is 11.8. The van der Waals surface area contributed by atoms with Crippen molar-refractivity contribution in [2.45, 2.75) is 38.0 Å². The quantitative estimate of drug-likeness (QED) is 0.728. The molecule has 1 aliphatic carbocycles. The second-order valence-electron chi connectivity index (χ2n) is 5.98. The zero-order valence-corrected chi connectivity index (χ0v) is 13.1. The van der Waals surface area contributed by atoms with Crippen molar-refractivity contribution in [2.75, 3.05) is 0 Å². The van der Waals surface area contributed by atoms with Crippen molar-refractivity contribution in [3.8, 4) is 17.0 Å². The van der Waals surface area contributed by atoms with E-state index in [4.69, 9.17) is 0 Å². The van der Waals surface area contributed by atoms with Gasteiger partial charge >= 0.3 is 6.36 Å². The molecule has 3 rings (SSSR count). The molecule has 1 fully saturated rings. The molecule has 1 saturated carbocycles. The summed E-state index contributed by atoms with van der Waals surface area (Å²) in [6, 6.07) is 6.88. The van der Waals surface area contributed by atoms with Gasteiger partial charge in [0.05, 0.1) is 5.69 Å². The normalized spacial score (nSPS) is 16.1. The van der Waals surface area contributed by atoms with E-state index >= 15 is 0 Å². The summed E-state index contributed by atoms with van der Waals surface area (Å²) in [6.07, 6.45) is -0.761. The van der Waals surface area contributed by atoms with E-state index in [1.165, 1.54) is 6.07 Å². The van der Waals surface area contributed by atoms with Crippen LogP contribution < -0.4 is 4.74 Å². The van der Waals surface area contributed by atoms with Gasteiger partial charge in [0, 0.05) is 24.6 Å². The molecule has 1 aromatic heterocycles. The van der Waals surface area contributed by atoms with E-state index in [1.54, 1.807) is 12.3 Å². The fourth-order valence-electron chi connectivity index (χ4n) is 3.00. The lowest BCUT2D eigenvalue weighted by Gasteiger charge is -2.21. The van der Waals surface area contributed by atoms with Crippen LogP contribution in [0.15, 0.2) is 36.5 Å². The SMILES string of the molecule is O=C1CCC(c2ccnc(-c3ccc(OC(F)(F)F)c(F)c3)c2)CC1. The highest BCUT2D eigenvalue weighted by atomic mass is 19.4. The number of carbonyl (C=O) groups excluding carboxylic acids is 1. The van der Waals surface area contributed by atoms with Gasteiger partial charge in [-0.1, -0.05) is 0 Å². The van der Waals surface area contributed by atoms with Crippen LogP contribution in [0.2, 0.25) is 0 Å². The van der Waals surface area contributed by atoms with E-state index in [0.29, 0.717) is 24.1 Å². The molecule has 0 N–H and O–H groups in total. The molecule has 0 bridgehead atoms. The number of halogens is 4. The summed E-state index contributed by atoms with van der Waals surface area (Å²) in [7, 11) is 0. The number of hydrogen-bond donors (Lipinski definition) is 0. The molecular formula is C18H15F4NO2. The van der Waals surface area contributed by atoms with Crippen LogP contribution in [0.1, 0.15) is 37.2 Å². The van der Waals surface area contributed by atoms with Gasteiger partial charge in [-0.05, 0) is 54.7 Å². The fraction of sp³-hybridized carbons (Fsp3) is 0.333. The minimum absolute atomic E-state index is 0.233. The lowest BCUT2D eigenvalue weighted by Crippen LogP contribution is -2.17.